The van der Waals surface area contributed by atoms with Gasteiger partial charge in [-0.05, 0) is 43.5 Å². The molecule has 0 aliphatic carbocycles. The van der Waals surface area contributed by atoms with Gasteiger partial charge < -0.3 is 14.7 Å². The van der Waals surface area contributed by atoms with Gasteiger partial charge in [-0.3, -0.25) is 9.69 Å². The lowest BCUT2D eigenvalue weighted by atomic mass is 9.90. The van der Waals surface area contributed by atoms with E-state index < -0.39 is 5.60 Å². The number of rotatable bonds is 5. The van der Waals surface area contributed by atoms with Crippen molar-refractivity contribution >= 4 is 0 Å². The molecule has 0 saturated carbocycles. The lowest BCUT2D eigenvalue weighted by molar-refractivity contribution is -0.0357. The Morgan fingerprint density at radius 2 is 1.79 bits per heavy atom. The van der Waals surface area contributed by atoms with E-state index in [1.807, 2.05) is 30.3 Å². The Kier molecular flexibility index (Phi) is 5.20. The minimum Gasteiger partial charge on any atom is -0.388 e. The molecule has 146 valence electrons. The standard InChI is InChI=1S/C23H27N3O2/c1-18-9-10-21(19-6-3-2-4-7-19)26(18)17-23(28)11-14-25(15-12-23)16-20-8-5-13-24-22(20)27/h2-10,13,28H,11-12,14-17H2,1H3,(H,24,27). The van der Waals surface area contributed by atoms with Crippen molar-refractivity contribution in [2.24, 2.45) is 0 Å². The number of nitrogens with zero attached hydrogens (tertiary/aromatic N) is 2. The zero-order chi connectivity index (χ0) is 19.6. The summed E-state index contributed by atoms with van der Waals surface area (Å²) in [7, 11) is 0. The molecule has 1 saturated heterocycles. The summed E-state index contributed by atoms with van der Waals surface area (Å²) in [6.45, 7) is 4.88. The fourth-order valence-corrected chi connectivity index (χ4v) is 4.04. The van der Waals surface area contributed by atoms with Gasteiger partial charge in [0.1, 0.15) is 0 Å². The topological polar surface area (TPSA) is 61.3 Å². The number of aromatic nitrogens is 2. The maximum absolute atomic E-state index is 11.9. The third kappa shape index (κ3) is 3.96. The highest BCUT2D eigenvalue weighted by atomic mass is 16.3. The Labute approximate surface area is 165 Å². The van der Waals surface area contributed by atoms with Crippen LogP contribution in [0.1, 0.15) is 24.1 Å². The van der Waals surface area contributed by atoms with E-state index in [1.165, 1.54) is 5.56 Å². The Hall–Kier alpha value is -2.63. The SMILES string of the molecule is Cc1ccc(-c2ccccc2)n1CC1(O)CCN(Cc2ccc[nH]c2=O)CC1. The Bertz CT molecular complexity index is 982. The number of pyridine rings is 1. The molecule has 2 aromatic heterocycles. The van der Waals surface area contributed by atoms with Gasteiger partial charge in [-0.15, -0.1) is 0 Å². The number of aromatic amines is 1. The number of hydrogen-bond acceptors (Lipinski definition) is 3. The number of aryl methyl sites for hydroxylation is 1. The molecule has 2 N–H and O–H groups in total. The number of H-pyrrole nitrogens is 1. The molecule has 0 amide bonds. The van der Waals surface area contributed by atoms with Crippen molar-refractivity contribution in [1.29, 1.82) is 0 Å². The molecule has 0 bridgehead atoms. The number of hydrogen-bond donors (Lipinski definition) is 2. The summed E-state index contributed by atoms with van der Waals surface area (Å²) in [5.41, 5.74) is 3.49. The van der Waals surface area contributed by atoms with Crippen LogP contribution < -0.4 is 5.56 Å². The van der Waals surface area contributed by atoms with Gasteiger partial charge in [-0.25, -0.2) is 0 Å². The van der Waals surface area contributed by atoms with E-state index in [2.05, 4.69) is 45.6 Å². The van der Waals surface area contributed by atoms with Gasteiger partial charge in [-0.2, -0.15) is 0 Å². The Morgan fingerprint density at radius 3 is 2.50 bits per heavy atom. The van der Waals surface area contributed by atoms with Crippen LogP contribution in [0.4, 0.5) is 0 Å². The molecular weight excluding hydrogens is 350 g/mol. The molecule has 4 rings (SSSR count). The summed E-state index contributed by atoms with van der Waals surface area (Å²) >= 11 is 0. The quantitative estimate of drug-likeness (QED) is 0.718. The fourth-order valence-electron chi connectivity index (χ4n) is 4.04. The van der Waals surface area contributed by atoms with Gasteiger partial charge in [0, 0.05) is 42.8 Å². The second-order valence-electron chi connectivity index (χ2n) is 7.84. The van der Waals surface area contributed by atoms with Crippen molar-refractivity contribution < 1.29 is 5.11 Å². The molecule has 3 heterocycles. The lowest BCUT2D eigenvalue weighted by Crippen LogP contribution is -2.47. The summed E-state index contributed by atoms with van der Waals surface area (Å²) in [5.74, 6) is 0. The highest BCUT2D eigenvalue weighted by Gasteiger charge is 2.33. The minimum absolute atomic E-state index is 0.0289. The summed E-state index contributed by atoms with van der Waals surface area (Å²) < 4.78 is 2.23. The van der Waals surface area contributed by atoms with Gasteiger partial charge in [0.25, 0.3) is 5.56 Å². The van der Waals surface area contributed by atoms with Crippen LogP contribution in [-0.2, 0) is 13.1 Å². The summed E-state index contributed by atoms with van der Waals surface area (Å²) in [6.07, 6.45) is 3.05. The smallest absolute Gasteiger partial charge is 0.252 e. The molecule has 3 aromatic rings. The predicted octanol–water partition coefficient (Wildman–Crippen LogP) is 3.18. The molecule has 5 nitrogen and oxygen atoms in total. The molecule has 0 radical (unpaired) electrons. The zero-order valence-corrected chi connectivity index (χ0v) is 16.3. The average molecular weight is 377 g/mol. The molecule has 28 heavy (non-hydrogen) atoms. The van der Waals surface area contributed by atoms with Crippen molar-refractivity contribution in [2.75, 3.05) is 13.1 Å². The normalized spacial score (nSPS) is 16.9. The maximum Gasteiger partial charge on any atom is 0.252 e. The van der Waals surface area contributed by atoms with Crippen LogP contribution in [0.15, 0.2) is 65.6 Å². The Balaban J connectivity index is 1.45. The molecule has 0 spiro atoms. The second kappa shape index (κ2) is 7.78. The molecule has 1 fully saturated rings. The first-order chi connectivity index (χ1) is 13.5. The van der Waals surface area contributed by atoms with Crippen LogP contribution in [0.2, 0.25) is 0 Å². The number of aliphatic hydroxyl groups is 1. The highest BCUT2D eigenvalue weighted by molar-refractivity contribution is 5.60. The van der Waals surface area contributed by atoms with Gasteiger partial charge in [0.15, 0.2) is 0 Å². The van der Waals surface area contributed by atoms with E-state index in [-0.39, 0.29) is 5.56 Å². The second-order valence-corrected chi connectivity index (χ2v) is 7.84. The highest BCUT2D eigenvalue weighted by Crippen LogP contribution is 2.29. The molecule has 1 aliphatic rings. The molecule has 0 atom stereocenters. The van der Waals surface area contributed by atoms with Crippen LogP contribution in [0, 0.1) is 6.92 Å². The van der Waals surface area contributed by atoms with Gasteiger partial charge in [-0.1, -0.05) is 36.4 Å². The molecule has 1 aliphatic heterocycles. The fraction of sp³-hybridized carbons (Fsp3) is 0.348. The van der Waals surface area contributed by atoms with Gasteiger partial charge >= 0.3 is 0 Å². The number of likely N-dealkylation sites (tertiary alicyclic amines) is 1. The maximum atomic E-state index is 11.9. The molecule has 1 aromatic carbocycles. The predicted molar refractivity (Wildman–Crippen MR) is 111 cm³/mol. The van der Waals surface area contributed by atoms with Crippen LogP contribution in [0.5, 0.6) is 0 Å². The molecule has 0 unspecified atom stereocenters. The van der Waals surface area contributed by atoms with Crippen molar-refractivity contribution in [3.63, 3.8) is 0 Å². The number of nitrogens with one attached hydrogen (secondary N) is 1. The molecular formula is C23H27N3O2. The monoisotopic (exact) mass is 377 g/mol. The van der Waals surface area contributed by atoms with E-state index in [9.17, 15) is 9.90 Å². The van der Waals surface area contributed by atoms with Crippen molar-refractivity contribution in [3.05, 3.63) is 82.4 Å². The summed E-state index contributed by atoms with van der Waals surface area (Å²) in [4.78, 5) is 16.9. The third-order valence-corrected chi connectivity index (χ3v) is 5.80. The average Bonchev–Trinajstić information content (AvgIpc) is 3.06. The van der Waals surface area contributed by atoms with Crippen LogP contribution >= 0.6 is 0 Å². The summed E-state index contributed by atoms with van der Waals surface area (Å²) in [6, 6.07) is 18.3. The van der Waals surface area contributed by atoms with E-state index in [0.717, 1.165) is 30.0 Å². The van der Waals surface area contributed by atoms with Crippen LogP contribution in [0.3, 0.4) is 0 Å². The van der Waals surface area contributed by atoms with Gasteiger partial charge in [0.05, 0.1) is 12.1 Å². The van der Waals surface area contributed by atoms with Crippen molar-refractivity contribution in [2.45, 2.75) is 38.5 Å². The van der Waals surface area contributed by atoms with Gasteiger partial charge in [0.2, 0.25) is 0 Å². The van der Waals surface area contributed by atoms with Crippen LogP contribution in [0.25, 0.3) is 11.3 Å². The first-order valence-corrected chi connectivity index (χ1v) is 9.87. The van der Waals surface area contributed by atoms with Crippen molar-refractivity contribution in [3.8, 4) is 11.3 Å². The van der Waals surface area contributed by atoms with Crippen molar-refractivity contribution in [1.82, 2.24) is 14.5 Å². The van der Waals surface area contributed by atoms with E-state index in [1.54, 1.807) is 6.20 Å². The van der Waals surface area contributed by atoms with Crippen LogP contribution in [-0.4, -0.2) is 38.2 Å². The first-order valence-electron chi connectivity index (χ1n) is 9.87. The largest absolute Gasteiger partial charge is 0.388 e. The zero-order valence-electron chi connectivity index (χ0n) is 16.3. The molecule has 5 heteroatoms. The van der Waals surface area contributed by atoms with E-state index >= 15 is 0 Å². The number of benzene rings is 1. The third-order valence-electron chi connectivity index (χ3n) is 5.80. The number of piperidine rings is 1. The van der Waals surface area contributed by atoms with E-state index in [4.69, 9.17) is 0 Å². The van der Waals surface area contributed by atoms with E-state index in [0.29, 0.717) is 25.9 Å². The first kappa shape index (κ1) is 18.7. The minimum atomic E-state index is -0.729. The lowest BCUT2D eigenvalue weighted by Gasteiger charge is -2.39. The summed E-state index contributed by atoms with van der Waals surface area (Å²) in [5, 5.41) is 11.3. The Morgan fingerprint density at radius 1 is 1.04 bits per heavy atom.